The molecular weight excluding hydrogens is 261 g/mol. The number of carbonyl (C=O) groups is 1. The van der Waals surface area contributed by atoms with Crippen LogP contribution in [0, 0.1) is 18.7 Å². The Morgan fingerprint density at radius 2 is 2.05 bits per heavy atom. The van der Waals surface area contributed by atoms with E-state index in [1.165, 1.54) is 23.5 Å². The maximum absolute atomic E-state index is 13.3. The lowest BCUT2D eigenvalue weighted by molar-refractivity contribution is 0.0940. The van der Waals surface area contributed by atoms with Crippen LogP contribution in [0.5, 0.6) is 0 Å². The molecule has 100 valence electrons. The minimum atomic E-state index is -0.291. The molecule has 0 saturated carbocycles. The van der Waals surface area contributed by atoms with E-state index in [2.05, 4.69) is 0 Å². The first-order valence-corrected chi connectivity index (χ1v) is 6.92. The van der Waals surface area contributed by atoms with Gasteiger partial charge in [-0.05, 0) is 30.2 Å². The van der Waals surface area contributed by atoms with E-state index < -0.39 is 0 Å². The molecule has 4 heteroatoms. The molecule has 0 unspecified atom stereocenters. The van der Waals surface area contributed by atoms with Gasteiger partial charge < -0.3 is 5.73 Å². The molecule has 2 aromatic rings. The van der Waals surface area contributed by atoms with Crippen molar-refractivity contribution in [3.63, 3.8) is 0 Å². The van der Waals surface area contributed by atoms with Crippen LogP contribution >= 0.6 is 11.3 Å². The lowest BCUT2D eigenvalue weighted by Crippen LogP contribution is -2.09. The molecular formula is C15H16FNOS. The predicted octanol–water partition coefficient (Wildman–Crippen LogP) is 4.28. The monoisotopic (exact) mass is 277 g/mol. The molecule has 0 radical (unpaired) electrons. The molecule has 0 amide bonds. The summed E-state index contributed by atoms with van der Waals surface area (Å²) in [4.78, 5) is 13.0. The van der Waals surface area contributed by atoms with Crippen LogP contribution in [0.25, 0.3) is 10.4 Å². The van der Waals surface area contributed by atoms with Crippen molar-refractivity contribution in [3.8, 4) is 10.4 Å². The second-order valence-corrected chi connectivity index (χ2v) is 5.88. The van der Waals surface area contributed by atoms with Crippen molar-refractivity contribution in [3.05, 3.63) is 41.2 Å². The molecule has 0 bridgehead atoms. The Morgan fingerprint density at radius 3 is 2.63 bits per heavy atom. The lowest BCUT2D eigenvalue weighted by atomic mass is 9.97. The van der Waals surface area contributed by atoms with Crippen molar-refractivity contribution in [2.75, 3.05) is 5.73 Å². The minimum absolute atomic E-state index is 0.0360. The Bertz CT molecular complexity index is 631. The molecule has 0 aliphatic carbocycles. The Balaban J connectivity index is 2.56. The van der Waals surface area contributed by atoms with Crippen LogP contribution in [0.15, 0.2) is 24.3 Å². The second kappa shape index (κ2) is 5.13. The molecule has 1 aromatic heterocycles. The zero-order valence-corrected chi connectivity index (χ0v) is 12.0. The van der Waals surface area contributed by atoms with Crippen molar-refractivity contribution in [1.29, 1.82) is 0 Å². The fourth-order valence-electron chi connectivity index (χ4n) is 2.04. The number of nitrogens with two attached hydrogens (primary N) is 1. The topological polar surface area (TPSA) is 43.1 Å². The summed E-state index contributed by atoms with van der Waals surface area (Å²) in [6, 6.07) is 6.34. The average molecular weight is 277 g/mol. The Morgan fingerprint density at radius 1 is 1.37 bits per heavy atom. The summed E-state index contributed by atoms with van der Waals surface area (Å²) in [5.41, 5.74) is 8.14. The molecule has 2 N–H and O–H groups in total. The molecule has 1 aromatic carbocycles. The highest BCUT2D eigenvalue weighted by Gasteiger charge is 2.22. The van der Waals surface area contributed by atoms with Gasteiger partial charge in [-0.3, -0.25) is 4.79 Å². The Labute approximate surface area is 116 Å². The van der Waals surface area contributed by atoms with E-state index in [0.717, 1.165) is 16.0 Å². The number of anilines is 1. The van der Waals surface area contributed by atoms with Crippen molar-refractivity contribution >= 4 is 22.1 Å². The molecule has 0 fully saturated rings. The summed E-state index contributed by atoms with van der Waals surface area (Å²) in [6.45, 7) is 5.56. The molecule has 0 atom stereocenters. The summed E-state index contributed by atoms with van der Waals surface area (Å²) in [5, 5.41) is 0.510. The Kier molecular flexibility index (Phi) is 3.71. The molecule has 2 rings (SSSR count). The first-order chi connectivity index (χ1) is 8.91. The number of Topliss-reactive ketones (excluding diaryl/α,β-unsaturated/α-hetero) is 1. The van der Waals surface area contributed by atoms with Gasteiger partial charge in [0.25, 0.3) is 0 Å². The van der Waals surface area contributed by atoms with E-state index in [-0.39, 0.29) is 17.5 Å². The highest BCUT2D eigenvalue weighted by Crippen LogP contribution is 2.39. The molecule has 1 heterocycles. The largest absolute Gasteiger partial charge is 0.390 e. The van der Waals surface area contributed by atoms with Gasteiger partial charge in [-0.2, -0.15) is 0 Å². The van der Waals surface area contributed by atoms with Gasteiger partial charge in [-0.25, -0.2) is 4.39 Å². The van der Waals surface area contributed by atoms with Crippen LogP contribution in [-0.4, -0.2) is 5.78 Å². The number of halogens is 1. The van der Waals surface area contributed by atoms with E-state index >= 15 is 0 Å². The van der Waals surface area contributed by atoms with Gasteiger partial charge in [0.1, 0.15) is 5.82 Å². The minimum Gasteiger partial charge on any atom is -0.390 e. The number of benzene rings is 1. The third-order valence-corrected chi connectivity index (χ3v) is 4.20. The van der Waals surface area contributed by atoms with Gasteiger partial charge in [0, 0.05) is 10.8 Å². The predicted molar refractivity (Wildman–Crippen MR) is 78.0 cm³/mol. The number of rotatable bonds is 3. The van der Waals surface area contributed by atoms with Crippen LogP contribution in [0.3, 0.4) is 0 Å². The summed E-state index contributed by atoms with van der Waals surface area (Å²) < 4.78 is 13.3. The third-order valence-electron chi connectivity index (χ3n) is 3.03. The zero-order valence-electron chi connectivity index (χ0n) is 11.2. The highest BCUT2D eigenvalue weighted by molar-refractivity contribution is 7.19. The normalized spacial score (nSPS) is 11.0. The molecule has 19 heavy (non-hydrogen) atoms. The smallest absolute Gasteiger partial charge is 0.168 e. The first kappa shape index (κ1) is 13.7. The lowest BCUT2D eigenvalue weighted by Gasteiger charge is -2.05. The number of carbonyl (C=O) groups excluding carboxylic acids is 1. The van der Waals surface area contributed by atoms with Crippen LogP contribution in [0.1, 0.15) is 29.8 Å². The fourth-order valence-corrected chi connectivity index (χ4v) is 3.11. The molecule has 0 saturated heterocycles. The SMILES string of the molecule is Cc1c(-c2cccc(F)c2)sc(N)c1C(=O)C(C)C. The molecule has 0 spiro atoms. The zero-order chi connectivity index (χ0) is 14.2. The Hall–Kier alpha value is -1.68. The quantitative estimate of drug-likeness (QED) is 0.851. The summed E-state index contributed by atoms with van der Waals surface area (Å²) in [6.07, 6.45) is 0. The van der Waals surface area contributed by atoms with Gasteiger partial charge in [0.15, 0.2) is 5.78 Å². The molecule has 0 aliphatic rings. The first-order valence-electron chi connectivity index (χ1n) is 6.10. The van der Waals surface area contributed by atoms with Gasteiger partial charge >= 0.3 is 0 Å². The summed E-state index contributed by atoms with van der Waals surface area (Å²) in [5.74, 6) is -0.356. The van der Waals surface area contributed by atoms with Crippen LogP contribution < -0.4 is 5.73 Å². The third kappa shape index (κ3) is 2.54. The van der Waals surface area contributed by atoms with Crippen molar-refractivity contribution in [1.82, 2.24) is 0 Å². The number of hydrogen-bond acceptors (Lipinski definition) is 3. The van der Waals surface area contributed by atoms with Crippen LogP contribution in [0.2, 0.25) is 0 Å². The summed E-state index contributed by atoms with van der Waals surface area (Å²) in [7, 11) is 0. The maximum Gasteiger partial charge on any atom is 0.168 e. The number of ketones is 1. The van der Waals surface area contributed by atoms with Gasteiger partial charge in [0.2, 0.25) is 0 Å². The molecule has 2 nitrogen and oxygen atoms in total. The number of thiophene rings is 1. The maximum atomic E-state index is 13.3. The van der Waals surface area contributed by atoms with E-state index in [4.69, 9.17) is 5.73 Å². The highest BCUT2D eigenvalue weighted by atomic mass is 32.1. The van der Waals surface area contributed by atoms with E-state index in [1.54, 1.807) is 6.07 Å². The van der Waals surface area contributed by atoms with Gasteiger partial charge in [-0.1, -0.05) is 26.0 Å². The van der Waals surface area contributed by atoms with Crippen molar-refractivity contribution < 1.29 is 9.18 Å². The van der Waals surface area contributed by atoms with E-state index in [1.807, 2.05) is 26.8 Å². The van der Waals surface area contributed by atoms with Crippen LogP contribution in [0.4, 0.5) is 9.39 Å². The number of hydrogen-bond donors (Lipinski definition) is 1. The number of nitrogen functional groups attached to an aromatic ring is 1. The fraction of sp³-hybridized carbons (Fsp3) is 0.267. The summed E-state index contributed by atoms with van der Waals surface area (Å²) >= 11 is 1.34. The van der Waals surface area contributed by atoms with E-state index in [0.29, 0.717) is 10.6 Å². The van der Waals surface area contributed by atoms with Crippen molar-refractivity contribution in [2.45, 2.75) is 20.8 Å². The van der Waals surface area contributed by atoms with Crippen molar-refractivity contribution in [2.24, 2.45) is 5.92 Å². The van der Waals surface area contributed by atoms with Gasteiger partial charge in [-0.15, -0.1) is 11.3 Å². The van der Waals surface area contributed by atoms with E-state index in [9.17, 15) is 9.18 Å². The second-order valence-electron chi connectivity index (χ2n) is 4.82. The average Bonchev–Trinajstić information content (AvgIpc) is 2.64. The molecule has 0 aliphatic heterocycles. The standard InChI is InChI=1S/C15H16FNOS/c1-8(2)13(18)12-9(3)14(19-15(12)17)10-5-4-6-11(16)7-10/h4-8H,17H2,1-3H3. The van der Waals surface area contributed by atoms with Crippen LogP contribution in [-0.2, 0) is 0 Å². The van der Waals surface area contributed by atoms with Gasteiger partial charge in [0.05, 0.1) is 10.6 Å².